The molecule has 0 aliphatic carbocycles. The van der Waals surface area contributed by atoms with Crippen LogP contribution in [0.2, 0.25) is 0 Å². The van der Waals surface area contributed by atoms with Gasteiger partial charge in [-0.3, -0.25) is 5.41 Å². The van der Waals surface area contributed by atoms with Gasteiger partial charge in [0, 0.05) is 17.3 Å². The molecule has 20 heavy (non-hydrogen) atoms. The van der Waals surface area contributed by atoms with Crippen LogP contribution in [0.5, 0.6) is 0 Å². The number of hydrogen-bond acceptors (Lipinski definition) is 4. The SMILES string of the molecule is CC(C)CN1CC(O)=C(c2nc(C(C)(C)C)cs2)C1=N. The first kappa shape index (κ1) is 15.0. The average molecular weight is 293 g/mol. The zero-order valence-corrected chi connectivity index (χ0v) is 13.6. The summed E-state index contributed by atoms with van der Waals surface area (Å²) in [6, 6.07) is 0. The van der Waals surface area contributed by atoms with Crippen molar-refractivity contribution >= 4 is 22.7 Å². The molecule has 0 spiro atoms. The molecule has 1 aliphatic rings. The maximum atomic E-state index is 10.2. The Labute approximate surface area is 124 Å². The number of aliphatic hydroxyl groups is 1. The molecule has 0 radical (unpaired) electrons. The molecule has 0 saturated carbocycles. The summed E-state index contributed by atoms with van der Waals surface area (Å²) in [7, 11) is 0. The first-order chi connectivity index (χ1) is 9.20. The van der Waals surface area contributed by atoms with Crippen LogP contribution in [0.25, 0.3) is 5.57 Å². The molecule has 2 N–H and O–H groups in total. The van der Waals surface area contributed by atoms with Crippen LogP contribution >= 0.6 is 11.3 Å². The molecule has 1 aromatic heterocycles. The Bertz CT molecular complexity index is 552. The number of rotatable bonds is 3. The molecule has 4 nitrogen and oxygen atoms in total. The van der Waals surface area contributed by atoms with Gasteiger partial charge in [0.2, 0.25) is 0 Å². The largest absolute Gasteiger partial charge is 0.510 e. The van der Waals surface area contributed by atoms with Gasteiger partial charge in [0.05, 0.1) is 17.8 Å². The van der Waals surface area contributed by atoms with E-state index in [1.165, 1.54) is 11.3 Å². The molecule has 1 aliphatic heterocycles. The molecular formula is C15H23N3OS. The minimum absolute atomic E-state index is 0.0106. The van der Waals surface area contributed by atoms with Crippen LogP contribution in [-0.4, -0.2) is 33.9 Å². The third-order valence-corrected chi connectivity index (χ3v) is 4.11. The van der Waals surface area contributed by atoms with Crippen LogP contribution in [-0.2, 0) is 5.41 Å². The lowest BCUT2D eigenvalue weighted by Gasteiger charge is -2.20. The molecule has 0 atom stereocenters. The second-order valence-electron chi connectivity index (χ2n) is 6.73. The van der Waals surface area contributed by atoms with E-state index in [2.05, 4.69) is 39.6 Å². The number of amidine groups is 1. The third kappa shape index (κ3) is 2.87. The highest BCUT2D eigenvalue weighted by atomic mass is 32.1. The van der Waals surface area contributed by atoms with Crippen molar-refractivity contribution in [2.24, 2.45) is 5.92 Å². The Morgan fingerprint density at radius 2 is 2.10 bits per heavy atom. The Hall–Kier alpha value is -1.36. The molecule has 1 aromatic rings. The fraction of sp³-hybridized carbons (Fsp3) is 0.600. The second-order valence-corrected chi connectivity index (χ2v) is 7.59. The first-order valence-corrected chi connectivity index (χ1v) is 7.80. The van der Waals surface area contributed by atoms with Crippen molar-refractivity contribution in [3.8, 4) is 0 Å². The third-order valence-electron chi connectivity index (χ3n) is 3.25. The van der Waals surface area contributed by atoms with E-state index in [1.807, 2.05) is 10.3 Å². The highest BCUT2D eigenvalue weighted by molar-refractivity contribution is 7.11. The fourth-order valence-corrected chi connectivity index (χ4v) is 3.30. The number of thiazole rings is 1. The maximum absolute atomic E-state index is 10.2. The zero-order chi connectivity index (χ0) is 15.1. The van der Waals surface area contributed by atoms with E-state index >= 15 is 0 Å². The summed E-state index contributed by atoms with van der Waals surface area (Å²) in [5, 5.41) is 21.2. The highest BCUT2D eigenvalue weighted by Gasteiger charge is 2.31. The van der Waals surface area contributed by atoms with Gasteiger partial charge in [0.25, 0.3) is 0 Å². The van der Waals surface area contributed by atoms with Crippen LogP contribution in [0.1, 0.15) is 45.3 Å². The fourth-order valence-electron chi connectivity index (χ4n) is 2.19. The second kappa shape index (κ2) is 5.20. The zero-order valence-electron chi connectivity index (χ0n) is 12.8. The van der Waals surface area contributed by atoms with Gasteiger partial charge in [-0.2, -0.15) is 0 Å². The number of aromatic nitrogens is 1. The lowest BCUT2D eigenvalue weighted by molar-refractivity contribution is 0.329. The van der Waals surface area contributed by atoms with E-state index < -0.39 is 0 Å². The summed E-state index contributed by atoms with van der Waals surface area (Å²) in [6.45, 7) is 11.8. The lowest BCUT2D eigenvalue weighted by Crippen LogP contribution is -2.30. The average Bonchev–Trinajstić information content (AvgIpc) is 2.84. The standard InChI is InChI=1S/C15H23N3OS/c1-9(2)6-18-7-10(19)12(13(18)16)14-17-11(8-20-14)15(3,4)5/h8-9,16,19H,6-7H2,1-5H3. The number of aliphatic hydroxyl groups excluding tert-OH is 1. The normalized spacial score (nSPS) is 16.7. The van der Waals surface area contributed by atoms with Gasteiger partial charge in [-0.15, -0.1) is 11.3 Å². The first-order valence-electron chi connectivity index (χ1n) is 6.92. The van der Waals surface area contributed by atoms with Crippen molar-refractivity contribution in [3.63, 3.8) is 0 Å². The van der Waals surface area contributed by atoms with Gasteiger partial charge in [-0.05, 0) is 5.92 Å². The van der Waals surface area contributed by atoms with Gasteiger partial charge in [0.1, 0.15) is 16.6 Å². The van der Waals surface area contributed by atoms with Crippen molar-refractivity contribution in [2.75, 3.05) is 13.1 Å². The van der Waals surface area contributed by atoms with E-state index in [0.29, 0.717) is 23.9 Å². The van der Waals surface area contributed by atoms with Crippen molar-refractivity contribution < 1.29 is 5.11 Å². The smallest absolute Gasteiger partial charge is 0.135 e. The molecule has 5 heteroatoms. The predicted molar refractivity (Wildman–Crippen MR) is 84.5 cm³/mol. The Kier molecular flexibility index (Phi) is 3.91. The summed E-state index contributed by atoms with van der Waals surface area (Å²) in [5.41, 5.74) is 1.60. The molecule has 0 aromatic carbocycles. The number of nitrogens with one attached hydrogen (secondary N) is 1. The molecule has 0 fully saturated rings. The quantitative estimate of drug-likeness (QED) is 0.894. The monoisotopic (exact) mass is 293 g/mol. The summed E-state index contributed by atoms with van der Waals surface area (Å²) in [5.74, 6) is 1.13. The van der Waals surface area contributed by atoms with Crippen LogP contribution in [0.3, 0.4) is 0 Å². The van der Waals surface area contributed by atoms with E-state index in [-0.39, 0.29) is 11.2 Å². The number of nitrogens with zero attached hydrogens (tertiary/aromatic N) is 2. The summed E-state index contributed by atoms with van der Waals surface area (Å²) in [4.78, 5) is 6.52. The summed E-state index contributed by atoms with van der Waals surface area (Å²) in [6.07, 6.45) is 0. The molecule has 0 bridgehead atoms. The lowest BCUT2D eigenvalue weighted by atomic mass is 9.93. The highest BCUT2D eigenvalue weighted by Crippen LogP contribution is 2.32. The maximum Gasteiger partial charge on any atom is 0.135 e. The van der Waals surface area contributed by atoms with Crippen molar-refractivity contribution in [3.05, 3.63) is 21.8 Å². The molecule has 0 amide bonds. The minimum Gasteiger partial charge on any atom is -0.510 e. The number of hydrogen-bond donors (Lipinski definition) is 2. The minimum atomic E-state index is -0.0106. The van der Waals surface area contributed by atoms with Crippen molar-refractivity contribution in [1.29, 1.82) is 5.41 Å². The molecule has 2 heterocycles. The van der Waals surface area contributed by atoms with Gasteiger partial charge in [0.15, 0.2) is 0 Å². The Balaban J connectivity index is 2.27. The van der Waals surface area contributed by atoms with E-state index in [0.717, 1.165) is 17.2 Å². The van der Waals surface area contributed by atoms with Crippen LogP contribution in [0.15, 0.2) is 11.1 Å². The molecule has 110 valence electrons. The predicted octanol–water partition coefficient (Wildman–Crippen LogP) is 3.66. The van der Waals surface area contributed by atoms with Gasteiger partial charge < -0.3 is 10.0 Å². The molecule has 0 saturated heterocycles. The Morgan fingerprint density at radius 3 is 2.60 bits per heavy atom. The Morgan fingerprint density at radius 1 is 1.45 bits per heavy atom. The van der Waals surface area contributed by atoms with E-state index in [1.54, 1.807) is 0 Å². The molecule has 2 rings (SSSR count). The van der Waals surface area contributed by atoms with Crippen molar-refractivity contribution in [1.82, 2.24) is 9.88 Å². The molecular weight excluding hydrogens is 270 g/mol. The van der Waals surface area contributed by atoms with Gasteiger partial charge >= 0.3 is 0 Å². The van der Waals surface area contributed by atoms with Gasteiger partial charge in [-0.1, -0.05) is 34.6 Å². The molecule has 0 unspecified atom stereocenters. The topological polar surface area (TPSA) is 60.2 Å². The van der Waals surface area contributed by atoms with Crippen molar-refractivity contribution in [2.45, 2.75) is 40.0 Å². The summed E-state index contributed by atoms with van der Waals surface area (Å²) >= 11 is 1.51. The van der Waals surface area contributed by atoms with Gasteiger partial charge in [-0.25, -0.2) is 4.98 Å². The van der Waals surface area contributed by atoms with Crippen LogP contribution in [0, 0.1) is 11.3 Å². The van der Waals surface area contributed by atoms with Crippen LogP contribution < -0.4 is 0 Å². The van der Waals surface area contributed by atoms with Crippen LogP contribution in [0.4, 0.5) is 0 Å². The van der Waals surface area contributed by atoms with E-state index in [9.17, 15) is 5.11 Å². The van der Waals surface area contributed by atoms with E-state index in [4.69, 9.17) is 5.41 Å². The summed E-state index contributed by atoms with van der Waals surface area (Å²) < 4.78 is 0.